The summed E-state index contributed by atoms with van der Waals surface area (Å²) in [6.45, 7) is 4.04. The quantitative estimate of drug-likeness (QED) is 0.262. The van der Waals surface area contributed by atoms with Crippen LogP contribution in [0.15, 0.2) is 72.8 Å². The fourth-order valence-corrected chi connectivity index (χ4v) is 4.20. The van der Waals surface area contributed by atoms with Gasteiger partial charge in [-0.15, -0.1) is 0 Å². The smallest absolute Gasteiger partial charge is 0.252 e. The number of hydrogen-bond acceptors (Lipinski definition) is 3. The van der Waals surface area contributed by atoms with Gasteiger partial charge in [-0.3, -0.25) is 4.79 Å². The average Bonchev–Trinajstić information content (AvgIpc) is 3.20. The molecule has 1 amide bonds. The summed E-state index contributed by atoms with van der Waals surface area (Å²) in [6.07, 6.45) is 3.81. The monoisotopic (exact) mass is 475 g/mol. The van der Waals surface area contributed by atoms with Crippen LogP contribution in [-0.2, 0) is 13.0 Å². The fourth-order valence-electron chi connectivity index (χ4n) is 3.98. The van der Waals surface area contributed by atoms with Gasteiger partial charge < -0.3 is 14.6 Å². The number of benzene rings is 3. The van der Waals surface area contributed by atoms with Crippen LogP contribution in [0.5, 0.6) is 5.75 Å². The second-order valence-electron chi connectivity index (χ2n) is 8.38. The first-order valence-electron chi connectivity index (χ1n) is 11.8. The van der Waals surface area contributed by atoms with Gasteiger partial charge >= 0.3 is 0 Å². The molecule has 0 aliphatic rings. The van der Waals surface area contributed by atoms with E-state index in [1.807, 2.05) is 36.4 Å². The molecule has 0 saturated carbocycles. The summed E-state index contributed by atoms with van der Waals surface area (Å²) in [7, 11) is 0. The zero-order valence-electron chi connectivity index (χ0n) is 19.5. The molecular formula is C28H30ClN3O2. The molecule has 4 rings (SSSR count). The van der Waals surface area contributed by atoms with E-state index in [1.165, 1.54) is 5.56 Å². The summed E-state index contributed by atoms with van der Waals surface area (Å²) in [6, 6.07) is 23.5. The van der Waals surface area contributed by atoms with Gasteiger partial charge in [0, 0.05) is 13.0 Å². The van der Waals surface area contributed by atoms with Crippen molar-refractivity contribution in [3.8, 4) is 5.75 Å². The maximum atomic E-state index is 12.3. The molecule has 0 aliphatic heterocycles. The molecular weight excluding hydrogens is 446 g/mol. The lowest BCUT2D eigenvalue weighted by atomic mass is 10.1. The second kappa shape index (κ2) is 11.7. The minimum Gasteiger partial charge on any atom is -0.492 e. The van der Waals surface area contributed by atoms with E-state index in [9.17, 15) is 4.79 Å². The molecule has 1 N–H and O–H groups in total. The van der Waals surface area contributed by atoms with E-state index >= 15 is 0 Å². The van der Waals surface area contributed by atoms with Gasteiger partial charge in [0.2, 0.25) is 0 Å². The molecule has 0 atom stereocenters. The molecule has 0 unspecified atom stereocenters. The molecule has 6 heteroatoms. The lowest BCUT2D eigenvalue weighted by Gasteiger charge is -2.11. The lowest BCUT2D eigenvalue weighted by Crippen LogP contribution is -2.24. The Morgan fingerprint density at radius 3 is 2.56 bits per heavy atom. The number of amides is 1. The van der Waals surface area contributed by atoms with Crippen LogP contribution in [0.25, 0.3) is 11.0 Å². The molecule has 3 aromatic carbocycles. The Bertz CT molecular complexity index is 1230. The number of carbonyl (C=O) groups excluding carboxylic acids is 1. The van der Waals surface area contributed by atoms with Crippen molar-refractivity contribution in [3.63, 3.8) is 0 Å². The Labute approximate surface area is 205 Å². The average molecular weight is 476 g/mol. The summed E-state index contributed by atoms with van der Waals surface area (Å²) in [5.74, 6) is 1.84. The number of unbranched alkanes of at least 4 members (excludes halogenated alkanes) is 2. The summed E-state index contributed by atoms with van der Waals surface area (Å²) >= 11 is 6.10. The van der Waals surface area contributed by atoms with Crippen molar-refractivity contribution < 1.29 is 9.53 Å². The minimum absolute atomic E-state index is 0.124. The number of aryl methyl sites for hydroxylation is 2. The molecule has 1 heterocycles. The van der Waals surface area contributed by atoms with Gasteiger partial charge in [-0.1, -0.05) is 60.0 Å². The normalized spacial score (nSPS) is 11.0. The van der Waals surface area contributed by atoms with Gasteiger partial charge in [-0.25, -0.2) is 4.98 Å². The van der Waals surface area contributed by atoms with Crippen molar-refractivity contribution in [1.82, 2.24) is 14.9 Å². The first-order valence-corrected chi connectivity index (χ1v) is 12.2. The second-order valence-corrected chi connectivity index (χ2v) is 8.78. The number of carbonyl (C=O) groups is 1. The van der Waals surface area contributed by atoms with Crippen LogP contribution in [-0.4, -0.2) is 28.6 Å². The molecule has 0 radical (unpaired) electrons. The maximum absolute atomic E-state index is 12.3. The summed E-state index contributed by atoms with van der Waals surface area (Å²) in [5.41, 5.74) is 3.89. The van der Waals surface area contributed by atoms with E-state index < -0.39 is 0 Å². The SMILES string of the molecule is Cc1ccc(OCCn2c(CCCCCNC(=O)c3ccccc3Cl)nc3ccccc32)cc1. The van der Waals surface area contributed by atoms with Gasteiger partial charge in [-0.2, -0.15) is 0 Å². The van der Waals surface area contributed by atoms with Crippen molar-refractivity contribution in [2.24, 2.45) is 0 Å². The highest BCUT2D eigenvalue weighted by Crippen LogP contribution is 2.19. The Balaban J connectivity index is 1.27. The van der Waals surface area contributed by atoms with Gasteiger partial charge in [0.25, 0.3) is 5.91 Å². The largest absolute Gasteiger partial charge is 0.492 e. The number of nitrogens with one attached hydrogen (secondary N) is 1. The van der Waals surface area contributed by atoms with E-state index in [2.05, 4.69) is 41.1 Å². The molecule has 0 spiro atoms. The minimum atomic E-state index is -0.124. The Morgan fingerprint density at radius 2 is 1.74 bits per heavy atom. The van der Waals surface area contributed by atoms with Crippen LogP contribution < -0.4 is 10.1 Å². The number of para-hydroxylation sites is 2. The van der Waals surface area contributed by atoms with Crippen LogP contribution >= 0.6 is 11.6 Å². The maximum Gasteiger partial charge on any atom is 0.252 e. The van der Waals surface area contributed by atoms with Gasteiger partial charge in [0.05, 0.1) is 28.2 Å². The Hall–Kier alpha value is -3.31. The van der Waals surface area contributed by atoms with Gasteiger partial charge in [0.1, 0.15) is 18.2 Å². The van der Waals surface area contributed by atoms with E-state index in [0.717, 1.165) is 54.8 Å². The number of nitrogens with zero attached hydrogens (tertiary/aromatic N) is 2. The predicted molar refractivity (Wildman–Crippen MR) is 138 cm³/mol. The molecule has 4 aromatic rings. The van der Waals surface area contributed by atoms with Crippen molar-refractivity contribution in [2.75, 3.05) is 13.2 Å². The van der Waals surface area contributed by atoms with Crippen LogP contribution in [0.2, 0.25) is 5.02 Å². The summed E-state index contributed by atoms with van der Waals surface area (Å²) < 4.78 is 8.23. The van der Waals surface area contributed by atoms with Gasteiger partial charge in [0.15, 0.2) is 0 Å². The third kappa shape index (κ3) is 6.17. The number of fused-ring (bicyclic) bond motifs is 1. The summed E-state index contributed by atoms with van der Waals surface area (Å²) in [4.78, 5) is 17.1. The van der Waals surface area contributed by atoms with Gasteiger partial charge in [-0.05, 0) is 56.2 Å². The number of ether oxygens (including phenoxy) is 1. The highest BCUT2D eigenvalue weighted by Gasteiger charge is 2.11. The molecule has 176 valence electrons. The van der Waals surface area contributed by atoms with Crippen LogP contribution in [0.1, 0.15) is 41.0 Å². The zero-order chi connectivity index (χ0) is 23.8. The fraction of sp³-hybridized carbons (Fsp3) is 0.286. The van der Waals surface area contributed by atoms with E-state index in [1.54, 1.807) is 12.1 Å². The molecule has 34 heavy (non-hydrogen) atoms. The highest BCUT2D eigenvalue weighted by atomic mass is 35.5. The number of aromatic nitrogens is 2. The first kappa shape index (κ1) is 23.8. The first-order chi connectivity index (χ1) is 16.6. The number of imidazole rings is 1. The van der Waals surface area contributed by atoms with Crippen LogP contribution in [0.3, 0.4) is 0 Å². The lowest BCUT2D eigenvalue weighted by molar-refractivity contribution is 0.0953. The van der Waals surface area contributed by atoms with E-state index in [4.69, 9.17) is 21.3 Å². The number of rotatable bonds is 11. The predicted octanol–water partition coefficient (Wildman–Crippen LogP) is 6.22. The van der Waals surface area contributed by atoms with E-state index in [0.29, 0.717) is 23.7 Å². The van der Waals surface area contributed by atoms with Crippen molar-refractivity contribution in [2.45, 2.75) is 39.2 Å². The standard InChI is InChI=1S/C28H30ClN3O2/c1-21-14-16-22(17-15-21)34-20-19-32-26-12-7-6-11-25(26)31-27(32)13-3-2-8-18-30-28(33)23-9-4-5-10-24(23)29/h4-7,9-12,14-17H,2-3,8,13,18-20H2,1H3,(H,30,33). The molecule has 0 aliphatic carbocycles. The highest BCUT2D eigenvalue weighted by molar-refractivity contribution is 6.33. The molecule has 1 aromatic heterocycles. The summed E-state index contributed by atoms with van der Waals surface area (Å²) in [5, 5.41) is 3.43. The molecule has 0 fully saturated rings. The van der Waals surface area contributed by atoms with Crippen LogP contribution in [0.4, 0.5) is 0 Å². The number of halogens is 1. The van der Waals surface area contributed by atoms with Crippen molar-refractivity contribution in [1.29, 1.82) is 0 Å². The Kier molecular flexibility index (Phi) is 8.21. The molecule has 0 bridgehead atoms. The third-order valence-electron chi connectivity index (χ3n) is 5.82. The van der Waals surface area contributed by atoms with Crippen molar-refractivity contribution in [3.05, 3.63) is 94.8 Å². The third-order valence-corrected chi connectivity index (χ3v) is 6.15. The molecule has 0 saturated heterocycles. The molecule has 5 nitrogen and oxygen atoms in total. The number of hydrogen-bond donors (Lipinski definition) is 1. The topological polar surface area (TPSA) is 56.1 Å². The van der Waals surface area contributed by atoms with E-state index in [-0.39, 0.29) is 5.91 Å². The zero-order valence-corrected chi connectivity index (χ0v) is 20.2. The Morgan fingerprint density at radius 1 is 0.971 bits per heavy atom. The van der Waals surface area contributed by atoms with Crippen molar-refractivity contribution >= 4 is 28.5 Å². The van der Waals surface area contributed by atoms with Crippen LogP contribution in [0, 0.1) is 6.92 Å².